The maximum atomic E-state index is 13.9. The van der Waals surface area contributed by atoms with Crippen LogP contribution in [0.3, 0.4) is 0 Å². The van der Waals surface area contributed by atoms with Crippen molar-refractivity contribution in [3.05, 3.63) is 68.9 Å². The lowest BCUT2D eigenvalue weighted by molar-refractivity contribution is 0.474. The summed E-state index contributed by atoms with van der Waals surface area (Å²) in [6.45, 7) is 3.99. The Labute approximate surface area is 132 Å². The molecule has 2 atom stereocenters. The van der Waals surface area contributed by atoms with Gasteiger partial charge >= 0.3 is 0 Å². The zero-order valence-corrected chi connectivity index (χ0v) is 13.7. The lowest BCUT2D eigenvalue weighted by atomic mass is 10.0. The van der Waals surface area contributed by atoms with Crippen molar-refractivity contribution < 1.29 is 4.39 Å². The van der Waals surface area contributed by atoms with E-state index in [1.165, 1.54) is 6.07 Å². The summed E-state index contributed by atoms with van der Waals surface area (Å²) >= 11 is 9.37. The Hall–Kier alpha value is -0.900. The summed E-state index contributed by atoms with van der Waals surface area (Å²) in [6, 6.07) is 12.7. The van der Waals surface area contributed by atoms with E-state index in [4.69, 9.17) is 11.6 Å². The van der Waals surface area contributed by atoms with Gasteiger partial charge in [-0.1, -0.05) is 39.7 Å². The molecule has 2 aromatic carbocycles. The third kappa shape index (κ3) is 3.81. The SMILES string of the molecule is CC(N[C@H](C)c1cccc(Cl)c1)c1cc(Br)ccc1F. The molecule has 1 nitrogen and oxygen atoms in total. The molecular formula is C16H16BrClFN. The van der Waals surface area contributed by atoms with Crippen LogP contribution in [0.4, 0.5) is 4.39 Å². The molecule has 4 heteroatoms. The molecule has 1 unspecified atom stereocenters. The molecule has 0 saturated heterocycles. The van der Waals surface area contributed by atoms with E-state index in [-0.39, 0.29) is 17.9 Å². The minimum Gasteiger partial charge on any atom is -0.304 e. The summed E-state index contributed by atoms with van der Waals surface area (Å²) in [7, 11) is 0. The van der Waals surface area contributed by atoms with E-state index in [2.05, 4.69) is 21.2 Å². The molecule has 0 aromatic heterocycles. The number of rotatable bonds is 4. The molecule has 0 aliphatic heterocycles. The van der Waals surface area contributed by atoms with Crippen molar-refractivity contribution in [2.24, 2.45) is 0 Å². The third-order valence-corrected chi connectivity index (χ3v) is 4.00. The lowest BCUT2D eigenvalue weighted by Gasteiger charge is -2.21. The van der Waals surface area contributed by atoms with Crippen LogP contribution < -0.4 is 5.32 Å². The van der Waals surface area contributed by atoms with Crippen LogP contribution in [0.15, 0.2) is 46.9 Å². The molecule has 20 heavy (non-hydrogen) atoms. The van der Waals surface area contributed by atoms with Crippen LogP contribution in [0.25, 0.3) is 0 Å². The van der Waals surface area contributed by atoms with E-state index in [0.29, 0.717) is 10.6 Å². The Morgan fingerprint density at radius 1 is 1.10 bits per heavy atom. The Bertz CT molecular complexity index is 603. The molecule has 0 bridgehead atoms. The fraction of sp³-hybridized carbons (Fsp3) is 0.250. The quantitative estimate of drug-likeness (QED) is 0.746. The van der Waals surface area contributed by atoms with Crippen molar-refractivity contribution in [2.45, 2.75) is 25.9 Å². The molecule has 0 saturated carbocycles. The monoisotopic (exact) mass is 355 g/mol. The zero-order chi connectivity index (χ0) is 14.7. The van der Waals surface area contributed by atoms with Crippen LogP contribution >= 0.6 is 27.5 Å². The molecular weight excluding hydrogens is 341 g/mol. The molecule has 2 aromatic rings. The van der Waals surface area contributed by atoms with Gasteiger partial charge in [0.05, 0.1) is 0 Å². The van der Waals surface area contributed by atoms with Gasteiger partial charge in [0.15, 0.2) is 0 Å². The first kappa shape index (κ1) is 15.5. The Morgan fingerprint density at radius 3 is 2.55 bits per heavy atom. The van der Waals surface area contributed by atoms with Crippen LogP contribution in [0, 0.1) is 5.82 Å². The highest BCUT2D eigenvalue weighted by atomic mass is 79.9. The van der Waals surface area contributed by atoms with E-state index < -0.39 is 0 Å². The summed E-state index contributed by atoms with van der Waals surface area (Å²) in [5, 5.41) is 4.09. The van der Waals surface area contributed by atoms with Crippen LogP contribution in [0.5, 0.6) is 0 Å². The largest absolute Gasteiger partial charge is 0.304 e. The fourth-order valence-electron chi connectivity index (χ4n) is 2.18. The summed E-state index contributed by atoms with van der Waals surface area (Å²) in [5.74, 6) is -0.202. The Balaban J connectivity index is 2.15. The minimum absolute atomic E-state index is 0.0853. The second-order valence-electron chi connectivity index (χ2n) is 4.83. The van der Waals surface area contributed by atoms with Gasteiger partial charge in [-0.15, -0.1) is 0 Å². The topological polar surface area (TPSA) is 12.0 Å². The molecule has 0 aliphatic rings. The number of nitrogens with one attached hydrogen (secondary N) is 1. The number of benzene rings is 2. The van der Waals surface area contributed by atoms with Gasteiger partial charge in [0.25, 0.3) is 0 Å². The molecule has 106 valence electrons. The first-order valence-electron chi connectivity index (χ1n) is 6.44. The molecule has 0 heterocycles. The summed E-state index contributed by atoms with van der Waals surface area (Å²) in [6.07, 6.45) is 0. The molecule has 1 N–H and O–H groups in total. The summed E-state index contributed by atoms with van der Waals surface area (Å²) in [4.78, 5) is 0. The molecule has 2 rings (SSSR count). The van der Waals surface area contributed by atoms with Crippen LogP contribution in [-0.2, 0) is 0 Å². The van der Waals surface area contributed by atoms with Crippen LogP contribution in [0.1, 0.15) is 37.1 Å². The average molecular weight is 357 g/mol. The van der Waals surface area contributed by atoms with Gasteiger partial charge in [-0.05, 0) is 49.7 Å². The molecule has 0 spiro atoms. The molecule has 0 aliphatic carbocycles. The highest BCUT2D eigenvalue weighted by Crippen LogP contribution is 2.25. The smallest absolute Gasteiger partial charge is 0.128 e. The normalized spacial score (nSPS) is 14.1. The Morgan fingerprint density at radius 2 is 1.85 bits per heavy atom. The summed E-state index contributed by atoms with van der Waals surface area (Å²) < 4.78 is 14.7. The second kappa shape index (κ2) is 6.70. The zero-order valence-electron chi connectivity index (χ0n) is 11.3. The standard InChI is InChI=1S/C16H16BrClFN/c1-10(12-4-3-5-14(18)8-12)20-11(2)15-9-13(17)6-7-16(15)19/h3-11,20H,1-2H3/t10-,11?/m1/s1. The second-order valence-corrected chi connectivity index (χ2v) is 6.18. The molecule has 0 amide bonds. The van der Waals surface area contributed by atoms with Crippen molar-refractivity contribution in [2.75, 3.05) is 0 Å². The van der Waals surface area contributed by atoms with Gasteiger partial charge < -0.3 is 5.32 Å². The number of hydrogen-bond acceptors (Lipinski definition) is 1. The molecule has 0 fully saturated rings. The van der Waals surface area contributed by atoms with E-state index in [9.17, 15) is 4.39 Å². The van der Waals surface area contributed by atoms with Gasteiger partial charge in [0.1, 0.15) is 5.82 Å². The summed E-state index contributed by atoms with van der Waals surface area (Å²) in [5.41, 5.74) is 1.73. The van der Waals surface area contributed by atoms with E-state index in [0.717, 1.165) is 10.0 Å². The van der Waals surface area contributed by atoms with Gasteiger partial charge in [0.2, 0.25) is 0 Å². The van der Waals surface area contributed by atoms with E-state index in [1.807, 2.05) is 38.1 Å². The fourth-order valence-corrected chi connectivity index (χ4v) is 2.76. The lowest BCUT2D eigenvalue weighted by Crippen LogP contribution is -2.23. The van der Waals surface area contributed by atoms with Crippen molar-refractivity contribution in [1.82, 2.24) is 5.32 Å². The minimum atomic E-state index is -0.202. The third-order valence-electron chi connectivity index (χ3n) is 3.27. The molecule has 0 radical (unpaired) electrons. The average Bonchev–Trinajstić information content (AvgIpc) is 2.41. The van der Waals surface area contributed by atoms with Crippen molar-refractivity contribution in [3.63, 3.8) is 0 Å². The number of halogens is 3. The van der Waals surface area contributed by atoms with E-state index >= 15 is 0 Å². The maximum Gasteiger partial charge on any atom is 0.128 e. The first-order valence-corrected chi connectivity index (χ1v) is 7.61. The Kier molecular flexibility index (Phi) is 5.19. The highest BCUT2D eigenvalue weighted by Gasteiger charge is 2.15. The van der Waals surface area contributed by atoms with Gasteiger partial charge in [-0.3, -0.25) is 0 Å². The maximum absolute atomic E-state index is 13.9. The number of hydrogen-bond donors (Lipinski definition) is 1. The van der Waals surface area contributed by atoms with E-state index in [1.54, 1.807) is 12.1 Å². The van der Waals surface area contributed by atoms with Gasteiger partial charge in [-0.25, -0.2) is 4.39 Å². The van der Waals surface area contributed by atoms with Crippen molar-refractivity contribution >= 4 is 27.5 Å². The van der Waals surface area contributed by atoms with Gasteiger partial charge in [0, 0.05) is 27.1 Å². The van der Waals surface area contributed by atoms with Crippen molar-refractivity contribution in [3.8, 4) is 0 Å². The highest BCUT2D eigenvalue weighted by molar-refractivity contribution is 9.10. The van der Waals surface area contributed by atoms with Crippen LogP contribution in [-0.4, -0.2) is 0 Å². The predicted octanol–water partition coefficient (Wildman–Crippen LogP) is 5.65. The van der Waals surface area contributed by atoms with Crippen molar-refractivity contribution in [1.29, 1.82) is 0 Å². The predicted molar refractivity (Wildman–Crippen MR) is 85.5 cm³/mol. The first-order chi connectivity index (χ1) is 9.47. The van der Waals surface area contributed by atoms with Gasteiger partial charge in [-0.2, -0.15) is 0 Å². The van der Waals surface area contributed by atoms with Crippen LogP contribution in [0.2, 0.25) is 5.02 Å².